The van der Waals surface area contributed by atoms with E-state index in [0.717, 1.165) is 62.1 Å². The summed E-state index contributed by atoms with van der Waals surface area (Å²) in [6, 6.07) is 9.52. The highest BCUT2D eigenvalue weighted by atomic mass is 35.5. The summed E-state index contributed by atoms with van der Waals surface area (Å²) >= 11 is 13.1. The van der Waals surface area contributed by atoms with Crippen LogP contribution in [0.1, 0.15) is 61.3 Å². The minimum absolute atomic E-state index is 0.129. The number of aromatic nitrogens is 1. The molecule has 0 saturated carbocycles. The molecular weight excluding hydrogens is 512 g/mol. The van der Waals surface area contributed by atoms with Gasteiger partial charge in [-0.2, -0.15) is 5.26 Å². The lowest BCUT2D eigenvalue weighted by Crippen LogP contribution is -2.37. The molecule has 0 N–H and O–H groups in total. The molecule has 0 unspecified atom stereocenters. The van der Waals surface area contributed by atoms with Gasteiger partial charge in [0.05, 0.1) is 11.4 Å². The molecule has 1 aromatic carbocycles. The van der Waals surface area contributed by atoms with Crippen molar-refractivity contribution in [2.45, 2.75) is 59.0 Å². The topological polar surface area (TPSA) is 69.3 Å². The molecular formula is C27H29ClN4O2S2. The number of thiocarbonyl (C=S) groups is 1. The number of thioether (sulfide) groups is 1. The lowest BCUT2D eigenvalue weighted by Gasteiger charge is -2.33. The van der Waals surface area contributed by atoms with Gasteiger partial charge >= 0.3 is 0 Å². The summed E-state index contributed by atoms with van der Waals surface area (Å²) in [5.74, 6) is 0.611. The summed E-state index contributed by atoms with van der Waals surface area (Å²) in [7, 11) is 0. The number of carbonyl (C=O) groups excluding carboxylic acids is 1. The van der Waals surface area contributed by atoms with E-state index >= 15 is 0 Å². The quantitative estimate of drug-likeness (QED) is 0.323. The Morgan fingerprint density at radius 2 is 1.92 bits per heavy atom. The number of hydrogen-bond donors (Lipinski definition) is 0. The highest BCUT2D eigenvalue weighted by molar-refractivity contribution is 8.26. The van der Waals surface area contributed by atoms with Crippen LogP contribution in [0.4, 0.5) is 5.82 Å². The second-order valence-electron chi connectivity index (χ2n) is 9.07. The van der Waals surface area contributed by atoms with Gasteiger partial charge in [0.15, 0.2) is 0 Å². The van der Waals surface area contributed by atoms with Gasteiger partial charge in [0.2, 0.25) is 0 Å². The van der Waals surface area contributed by atoms with Crippen LogP contribution in [0.15, 0.2) is 34.0 Å². The molecule has 2 aliphatic rings. The number of carbonyl (C=O) groups is 1. The first-order valence-corrected chi connectivity index (χ1v) is 13.9. The maximum atomic E-state index is 13.5. The fourth-order valence-electron chi connectivity index (χ4n) is 4.68. The summed E-state index contributed by atoms with van der Waals surface area (Å²) in [4.78, 5) is 31.1. The first-order valence-electron chi connectivity index (χ1n) is 12.3. The van der Waals surface area contributed by atoms with E-state index in [4.69, 9.17) is 23.8 Å². The molecule has 9 heteroatoms. The number of rotatable bonds is 7. The zero-order chi connectivity index (χ0) is 25.8. The maximum Gasteiger partial charge on any atom is 0.270 e. The van der Waals surface area contributed by atoms with Crippen molar-refractivity contribution in [1.29, 1.82) is 5.26 Å². The average Bonchev–Trinajstić information content (AvgIpc) is 3.14. The van der Waals surface area contributed by atoms with Gasteiger partial charge in [0.25, 0.3) is 11.5 Å². The summed E-state index contributed by atoms with van der Waals surface area (Å²) < 4.78 is 2.21. The average molecular weight is 541 g/mol. The highest BCUT2D eigenvalue weighted by Crippen LogP contribution is 2.37. The molecule has 2 aliphatic heterocycles. The first-order chi connectivity index (χ1) is 17.4. The molecule has 0 atom stereocenters. The number of nitriles is 1. The van der Waals surface area contributed by atoms with E-state index in [2.05, 4.69) is 17.9 Å². The third kappa shape index (κ3) is 5.24. The normalized spacial score (nSPS) is 17.2. The number of amides is 1. The Hall–Kier alpha value is -2.60. The molecule has 3 heterocycles. The standard InChI is InChI=1S/C27H29ClN4O2S2/c1-3-4-14-31-24(30-12-8-5-9-13-30)20(18(2)21(16-29)25(31)33)15-23-26(34)32(27(35)36-23)17-19-10-6-7-11-22(19)28/h6-7,10-11,15H,3-5,8-9,12-14,17H2,1-2H3/b23-15+. The smallest absolute Gasteiger partial charge is 0.270 e. The second kappa shape index (κ2) is 11.6. The Kier molecular flexibility index (Phi) is 8.55. The van der Waals surface area contributed by atoms with Crippen LogP contribution in [-0.4, -0.2) is 32.8 Å². The van der Waals surface area contributed by atoms with Crippen LogP contribution in [0.25, 0.3) is 6.08 Å². The Morgan fingerprint density at radius 3 is 2.58 bits per heavy atom. The number of piperidine rings is 1. The molecule has 2 aromatic rings. The Labute approximate surface area is 226 Å². The lowest BCUT2D eigenvalue weighted by molar-refractivity contribution is -0.122. The summed E-state index contributed by atoms with van der Waals surface area (Å²) in [6.45, 7) is 6.38. The van der Waals surface area contributed by atoms with E-state index in [1.54, 1.807) is 22.5 Å². The Morgan fingerprint density at radius 1 is 1.19 bits per heavy atom. The van der Waals surface area contributed by atoms with E-state index in [-0.39, 0.29) is 17.0 Å². The molecule has 6 nitrogen and oxygen atoms in total. The zero-order valence-corrected chi connectivity index (χ0v) is 22.9. The van der Waals surface area contributed by atoms with Crippen LogP contribution in [0, 0.1) is 18.3 Å². The maximum absolute atomic E-state index is 13.5. The minimum atomic E-state index is -0.257. The molecule has 0 spiro atoms. The van der Waals surface area contributed by atoms with E-state index in [0.29, 0.717) is 32.9 Å². The van der Waals surface area contributed by atoms with E-state index in [1.165, 1.54) is 11.8 Å². The molecule has 36 heavy (non-hydrogen) atoms. The highest BCUT2D eigenvalue weighted by Gasteiger charge is 2.34. The predicted octanol–water partition coefficient (Wildman–Crippen LogP) is 5.87. The third-order valence-corrected chi connectivity index (χ3v) is 8.42. The SMILES string of the molecule is CCCCn1c(N2CCCCC2)c(/C=C2/SC(=S)N(Cc3ccccc3Cl)C2=O)c(C)c(C#N)c1=O. The van der Waals surface area contributed by atoms with Crippen molar-refractivity contribution in [2.24, 2.45) is 0 Å². The van der Waals surface area contributed by atoms with E-state index in [1.807, 2.05) is 24.3 Å². The number of unbranched alkanes of at least 4 members (excludes halogenated alkanes) is 1. The van der Waals surface area contributed by atoms with Gasteiger partial charge in [0, 0.05) is 30.2 Å². The number of hydrogen-bond acceptors (Lipinski definition) is 6. The minimum Gasteiger partial charge on any atom is -0.357 e. The van der Waals surface area contributed by atoms with Gasteiger partial charge in [-0.05, 0) is 55.9 Å². The zero-order valence-electron chi connectivity index (χ0n) is 20.6. The third-order valence-electron chi connectivity index (χ3n) is 6.67. The van der Waals surface area contributed by atoms with Crippen LogP contribution in [-0.2, 0) is 17.9 Å². The van der Waals surface area contributed by atoms with Crippen molar-refractivity contribution >= 4 is 57.7 Å². The number of anilines is 1. The first kappa shape index (κ1) is 26.5. The monoisotopic (exact) mass is 540 g/mol. The van der Waals surface area contributed by atoms with Gasteiger partial charge in [-0.1, -0.05) is 67.1 Å². The number of benzene rings is 1. The van der Waals surface area contributed by atoms with Crippen molar-refractivity contribution in [3.05, 3.63) is 66.8 Å². The fourth-order valence-corrected chi connectivity index (χ4v) is 6.11. The molecule has 1 amide bonds. The molecule has 2 fully saturated rings. The van der Waals surface area contributed by atoms with Crippen molar-refractivity contribution in [3.63, 3.8) is 0 Å². The molecule has 0 radical (unpaired) electrons. The van der Waals surface area contributed by atoms with Crippen LogP contribution in [0.5, 0.6) is 0 Å². The Bertz CT molecular complexity index is 1320. The molecule has 0 aliphatic carbocycles. The summed E-state index contributed by atoms with van der Waals surface area (Å²) in [5, 5.41) is 10.4. The van der Waals surface area contributed by atoms with E-state index in [9.17, 15) is 14.9 Å². The predicted molar refractivity (Wildman–Crippen MR) is 151 cm³/mol. The molecule has 0 bridgehead atoms. The van der Waals surface area contributed by atoms with Crippen molar-refractivity contribution in [1.82, 2.24) is 9.47 Å². The second-order valence-corrected chi connectivity index (χ2v) is 11.1. The summed E-state index contributed by atoms with van der Waals surface area (Å²) in [5.41, 5.74) is 2.05. The van der Waals surface area contributed by atoms with Gasteiger partial charge < -0.3 is 4.90 Å². The molecule has 4 rings (SSSR count). The molecule has 1 aromatic heterocycles. The van der Waals surface area contributed by atoms with Gasteiger partial charge in [0.1, 0.15) is 21.8 Å². The lowest BCUT2D eigenvalue weighted by atomic mass is 10.0. The largest absolute Gasteiger partial charge is 0.357 e. The van der Waals surface area contributed by atoms with Crippen LogP contribution in [0.2, 0.25) is 5.02 Å². The van der Waals surface area contributed by atoms with Crippen LogP contribution in [0.3, 0.4) is 0 Å². The van der Waals surface area contributed by atoms with Crippen molar-refractivity contribution < 1.29 is 4.79 Å². The number of nitrogens with zero attached hydrogens (tertiary/aromatic N) is 4. The van der Waals surface area contributed by atoms with Gasteiger partial charge in [-0.15, -0.1) is 0 Å². The van der Waals surface area contributed by atoms with Gasteiger partial charge in [-0.25, -0.2) is 0 Å². The van der Waals surface area contributed by atoms with E-state index < -0.39 is 0 Å². The number of halogens is 1. The Balaban J connectivity index is 1.82. The van der Waals surface area contributed by atoms with Gasteiger partial charge in [-0.3, -0.25) is 19.1 Å². The van der Waals surface area contributed by atoms with Crippen LogP contribution < -0.4 is 10.5 Å². The van der Waals surface area contributed by atoms with Crippen LogP contribution >= 0.6 is 35.6 Å². The fraction of sp³-hybridized carbons (Fsp3) is 0.407. The van der Waals surface area contributed by atoms with Crippen molar-refractivity contribution in [3.8, 4) is 6.07 Å². The molecule has 2 saturated heterocycles. The number of pyridine rings is 1. The summed E-state index contributed by atoms with van der Waals surface area (Å²) in [6.07, 6.45) is 6.82. The van der Waals surface area contributed by atoms with Crippen molar-refractivity contribution in [2.75, 3.05) is 18.0 Å². The molecule has 188 valence electrons.